The molecule has 0 aromatic carbocycles. The number of rotatable bonds is 2. The zero-order chi connectivity index (χ0) is 7.61. The molecular weight excluding hydrogens is 120 g/mol. The molecule has 0 heteroatoms. The van der Waals surface area contributed by atoms with Crippen molar-refractivity contribution in [2.75, 3.05) is 0 Å². The summed E-state index contributed by atoms with van der Waals surface area (Å²) in [5.74, 6) is 0.819. The molecule has 1 rings (SSSR count). The molecule has 58 valence electrons. The Kier molecular flexibility index (Phi) is 2.18. The molecule has 0 saturated heterocycles. The average Bonchev–Trinajstić information content (AvgIpc) is 2.33. The van der Waals surface area contributed by atoms with Crippen LogP contribution in [-0.4, -0.2) is 0 Å². The van der Waals surface area contributed by atoms with E-state index in [1.165, 1.54) is 19.3 Å². The predicted molar refractivity (Wildman–Crippen MR) is 45.9 cm³/mol. The number of hydrogen-bond donors (Lipinski definition) is 0. The summed E-state index contributed by atoms with van der Waals surface area (Å²) < 4.78 is 0. The van der Waals surface area contributed by atoms with Crippen LogP contribution >= 0.6 is 0 Å². The topological polar surface area (TPSA) is 0 Å². The SMILES string of the molecule is CCC1(CC)C=CC(C)C1. The summed E-state index contributed by atoms with van der Waals surface area (Å²) in [6.07, 6.45) is 8.79. The highest BCUT2D eigenvalue weighted by Crippen LogP contribution is 2.40. The molecule has 10 heavy (non-hydrogen) atoms. The molecule has 1 unspecified atom stereocenters. The van der Waals surface area contributed by atoms with Crippen molar-refractivity contribution in [3.63, 3.8) is 0 Å². The van der Waals surface area contributed by atoms with Crippen LogP contribution in [0.2, 0.25) is 0 Å². The maximum atomic E-state index is 2.43. The molecule has 0 heterocycles. The zero-order valence-electron chi connectivity index (χ0n) is 7.35. The van der Waals surface area contributed by atoms with Crippen LogP contribution in [0, 0.1) is 11.3 Å². The van der Waals surface area contributed by atoms with Gasteiger partial charge in [-0.2, -0.15) is 0 Å². The van der Waals surface area contributed by atoms with E-state index in [4.69, 9.17) is 0 Å². The first-order valence-corrected chi connectivity index (χ1v) is 4.42. The molecule has 0 fully saturated rings. The van der Waals surface area contributed by atoms with E-state index in [2.05, 4.69) is 32.9 Å². The van der Waals surface area contributed by atoms with E-state index < -0.39 is 0 Å². The second-order valence-electron chi connectivity index (χ2n) is 3.61. The van der Waals surface area contributed by atoms with Crippen molar-refractivity contribution in [3.05, 3.63) is 12.2 Å². The van der Waals surface area contributed by atoms with Gasteiger partial charge in [0, 0.05) is 0 Å². The third kappa shape index (κ3) is 1.25. The summed E-state index contributed by atoms with van der Waals surface area (Å²) in [5, 5.41) is 0. The van der Waals surface area contributed by atoms with E-state index in [0.717, 1.165) is 5.92 Å². The lowest BCUT2D eigenvalue weighted by Gasteiger charge is -2.24. The van der Waals surface area contributed by atoms with E-state index in [-0.39, 0.29) is 0 Å². The summed E-state index contributed by atoms with van der Waals surface area (Å²) in [6.45, 7) is 6.90. The Morgan fingerprint density at radius 2 is 2.00 bits per heavy atom. The second-order valence-corrected chi connectivity index (χ2v) is 3.61. The normalized spacial score (nSPS) is 29.3. The highest BCUT2D eigenvalue weighted by molar-refractivity contribution is 5.08. The Bertz CT molecular complexity index is 129. The monoisotopic (exact) mass is 138 g/mol. The molecule has 0 bridgehead atoms. The van der Waals surface area contributed by atoms with Gasteiger partial charge in [0.05, 0.1) is 0 Å². The highest BCUT2D eigenvalue weighted by Gasteiger charge is 2.28. The summed E-state index contributed by atoms with van der Waals surface area (Å²) >= 11 is 0. The standard InChI is InChI=1S/C10H18/c1-4-10(5-2)7-6-9(3)8-10/h6-7,9H,4-5,8H2,1-3H3. The van der Waals surface area contributed by atoms with E-state index in [0.29, 0.717) is 5.41 Å². The van der Waals surface area contributed by atoms with E-state index in [1.807, 2.05) is 0 Å². The van der Waals surface area contributed by atoms with E-state index in [1.54, 1.807) is 0 Å². The van der Waals surface area contributed by atoms with Gasteiger partial charge in [0.15, 0.2) is 0 Å². The lowest BCUT2D eigenvalue weighted by Crippen LogP contribution is -2.13. The smallest absolute Gasteiger partial charge is 0.0118 e. The molecule has 1 atom stereocenters. The van der Waals surface area contributed by atoms with Crippen LogP contribution in [0.3, 0.4) is 0 Å². The first-order chi connectivity index (χ1) is 4.72. The molecule has 0 aromatic rings. The van der Waals surface area contributed by atoms with Crippen LogP contribution in [0.4, 0.5) is 0 Å². The summed E-state index contributed by atoms with van der Waals surface area (Å²) in [6, 6.07) is 0. The van der Waals surface area contributed by atoms with Crippen LogP contribution in [0.5, 0.6) is 0 Å². The lowest BCUT2D eigenvalue weighted by molar-refractivity contribution is 0.319. The van der Waals surface area contributed by atoms with Crippen LogP contribution in [0.1, 0.15) is 40.0 Å². The molecule has 0 nitrogen and oxygen atoms in total. The van der Waals surface area contributed by atoms with Gasteiger partial charge in [-0.3, -0.25) is 0 Å². The first-order valence-electron chi connectivity index (χ1n) is 4.42. The minimum absolute atomic E-state index is 0.569. The van der Waals surface area contributed by atoms with Gasteiger partial charge in [-0.15, -0.1) is 0 Å². The Balaban J connectivity index is 2.61. The van der Waals surface area contributed by atoms with E-state index in [9.17, 15) is 0 Å². The maximum absolute atomic E-state index is 2.43. The molecule has 0 amide bonds. The fraction of sp³-hybridized carbons (Fsp3) is 0.800. The Morgan fingerprint density at radius 3 is 2.20 bits per heavy atom. The molecule has 0 aromatic heterocycles. The van der Waals surface area contributed by atoms with Gasteiger partial charge < -0.3 is 0 Å². The molecule has 1 aliphatic carbocycles. The summed E-state index contributed by atoms with van der Waals surface area (Å²) in [4.78, 5) is 0. The van der Waals surface area contributed by atoms with Crippen molar-refractivity contribution < 1.29 is 0 Å². The van der Waals surface area contributed by atoms with Gasteiger partial charge in [-0.05, 0) is 30.6 Å². The second kappa shape index (κ2) is 2.77. The van der Waals surface area contributed by atoms with Crippen molar-refractivity contribution in [2.45, 2.75) is 40.0 Å². The molecule has 0 saturated carbocycles. The minimum Gasteiger partial charge on any atom is -0.0851 e. The van der Waals surface area contributed by atoms with Crippen LogP contribution in [0.15, 0.2) is 12.2 Å². The zero-order valence-corrected chi connectivity index (χ0v) is 7.35. The Hall–Kier alpha value is -0.260. The third-order valence-electron chi connectivity index (χ3n) is 2.92. The van der Waals surface area contributed by atoms with Gasteiger partial charge in [-0.1, -0.05) is 32.9 Å². The Morgan fingerprint density at radius 1 is 1.40 bits per heavy atom. The molecule has 0 aliphatic heterocycles. The highest BCUT2D eigenvalue weighted by atomic mass is 14.3. The Labute approximate surface area is 64.3 Å². The van der Waals surface area contributed by atoms with Gasteiger partial charge in [0.1, 0.15) is 0 Å². The average molecular weight is 138 g/mol. The fourth-order valence-corrected chi connectivity index (χ4v) is 1.92. The van der Waals surface area contributed by atoms with Crippen LogP contribution in [-0.2, 0) is 0 Å². The van der Waals surface area contributed by atoms with Crippen LogP contribution < -0.4 is 0 Å². The van der Waals surface area contributed by atoms with E-state index >= 15 is 0 Å². The molecule has 0 N–H and O–H groups in total. The molecule has 1 aliphatic rings. The van der Waals surface area contributed by atoms with Gasteiger partial charge >= 0.3 is 0 Å². The minimum atomic E-state index is 0.569. The van der Waals surface area contributed by atoms with Crippen molar-refractivity contribution in [1.29, 1.82) is 0 Å². The van der Waals surface area contributed by atoms with Crippen molar-refractivity contribution in [2.24, 2.45) is 11.3 Å². The number of allylic oxidation sites excluding steroid dienone is 2. The van der Waals surface area contributed by atoms with Gasteiger partial charge in [0.25, 0.3) is 0 Å². The first kappa shape index (κ1) is 7.84. The largest absolute Gasteiger partial charge is 0.0851 e. The number of hydrogen-bond acceptors (Lipinski definition) is 0. The third-order valence-corrected chi connectivity index (χ3v) is 2.92. The summed E-state index contributed by atoms with van der Waals surface area (Å²) in [5.41, 5.74) is 0.569. The van der Waals surface area contributed by atoms with Gasteiger partial charge in [-0.25, -0.2) is 0 Å². The fourth-order valence-electron chi connectivity index (χ4n) is 1.92. The molecule has 0 radical (unpaired) electrons. The van der Waals surface area contributed by atoms with Crippen molar-refractivity contribution >= 4 is 0 Å². The quantitative estimate of drug-likeness (QED) is 0.513. The lowest BCUT2D eigenvalue weighted by atomic mass is 9.81. The maximum Gasteiger partial charge on any atom is -0.0118 e. The van der Waals surface area contributed by atoms with Crippen molar-refractivity contribution in [3.8, 4) is 0 Å². The molecular formula is C10H18. The summed E-state index contributed by atoms with van der Waals surface area (Å²) in [7, 11) is 0. The van der Waals surface area contributed by atoms with Crippen molar-refractivity contribution in [1.82, 2.24) is 0 Å². The van der Waals surface area contributed by atoms with Gasteiger partial charge in [0.2, 0.25) is 0 Å². The molecule has 0 spiro atoms. The van der Waals surface area contributed by atoms with Crippen LogP contribution in [0.25, 0.3) is 0 Å². The predicted octanol–water partition coefficient (Wildman–Crippen LogP) is 3.39.